The normalized spacial score (nSPS) is 15.6. The van der Waals surface area contributed by atoms with Crippen molar-refractivity contribution in [1.82, 2.24) is 0 Å². The van der Waals surface area contributed by atoms with Crippen LogP contribution in [0, 0.1) is 0 Å². The molecule has 2 N–H and O–H groups in total. The summed E-state index contributed by atoms with van der Waals surface area (Å²) in [7, 11) is 0. The van der Waals surface area contributed by atoms with Crippen molar-refractivity contribution in [1.29, 1.82) is 0 Å². The molecule has 13 heavy (non-hydrogen) atoms. The van der Waals surface area contributed by atoms with Crippen LogP contribution in [-0.4, -0.2) is 5.54 Å². The van der Waals surface area contributed by atoms with Gasteiger partial charge in [0.2, 0.25) is 0 Å². The van der Waals surface area contributed by atoms with E-state index in [1.807, 2.05) is 0 Å². The summed E-state index contributed by atoms with van der Waals surface area (Å²) in [6.45, 7) is 4.35. The van der Waals surface area contributed by atoms with Crippen molar-refractivity contribution < 1.29 is 0 Å². The smallest absolute Gasteiger partial charge is 0.0129 e. The van der Waals surface area contributed by atoms with Crippen molar-refractivity contribution >= 4 is 11.3 Å². The maximum atomic E-state index is 6.15. The average molecular weight is 197 g/mol. The highest BCUT2D eigenvalue weighted by molar-refractivity contribution is 7.07. The third-order valence-corrected chi connectivity index (χ3v) is 3.12. The Kier molecular flexibility index (Phi) is 3.94. The first-order valence-electron chi connectivity index (χ1n) is 4.94. The Morgan fingerprint density at radius 3 is 2.77 bits per heavy atom. The first-order chi connectivity index (χ1) is 6.14. The molecular weight excluding hydrogens is 178 g/mol. The molecule has 0 aliphatic carbocycles. The summed E-state index contributed by atoms with van der Waals surface area (Å²) in [5.74, 6) is 0. The van der Waals surface area contributed by atoms with Gasteiger partial charge in [-0.1, -0.05) is 13.3 Å². The van der Waals surface area contributed by atoms with E-state index in [2.05, 4.69) is 30.7 Å². The van der Waals surface area contributed by atoms with Crippen molar-refractivity contribution in [2.45, 2.75) is 45.1 Å². The minimum absolute atomic E-state index is 0.0245. The first kappa shape index (κ1) is 10.7. The molecule has 0 aliphatic heterocycles. The fraction of sp³-hybridized carbons (Fsp3) is 0.636. The van der Waals surface area contributed by atoms with E-state index < -0.39 is 0 Å². The topological polar surface area (TPSA) is 26.0 Å². The Hall–Kier alpha value is -0.340. The molecule has 0 bridgehead atoms. The molecule has 1 heterocycles. The second-order valence-corrected chi connectivity index (χ2v) is 4.82. The molecule has 1 atom stereocenters. The van der Waals surface area contributed by atoms with Crippen LogP contribution in [0.5, 0.6) is 0 Å². The van der Waals surface area contributed by atoms with Gasteiger partial charge in [0.1, 0.15) is 0 Å². The zero-order valence-electron chi connectivity index (χ0n) is 8.55. The second-order valence-electron chi connectivity index (χ2n) is 4.04. The Morgan fingerprint density at radius 2 is 2.23 bits per heavy atom. The molecule has 74 valence electrons. The van der Waals surface area contributed by atoms with Gasteiger partial charge in [-0.3, -0.25) is 0 Å². The molecule has 1 nitrogen and oxygen atoms in total. The molecule has 0 saturated carbocycles. The van der Waals surface area contributed by atoms with E-state index in [0.717, 1.165) is 19.3 Å². The predicted octanol–water partition coefficient (Wildman–Crippen LogP) is 3.20. The lowest BCUT2D eigenvalue weighted by molar-refractivity contribution is 0.397. The molecule has 1 aromatic rings. The zero-order valence-corrected chi connectivity index (χ0v) is 9.36. The van der Waals surface area contributed by atoms with Gasteiger partial charge in [-0.2, -0.15) is 11.3 Å². The monoisotopic (exact) mass is 197 g/mol. The summed E-state index contributed by atoms with van der Waals surface area (Å²) in [5.41, 5.74) is 7.60. The molecule has 1 aromatic heterocycles. The Bertz CT molecular complexity index is 226. The van der Waals surface area contributed by atoms with Gasteiger partial charge < -0.3 is 5.73 Å². The van der Waals surface area contributed by atoms with Crippen molar-refractivity contribution in [2.24, 2.45) is 5.73 Å². The van der Waals surface area contributed by atoms with Crippen LogP contribution in [-0.2, 0) is 6.42 Å². The highest BCUT2D eigenvalue weighted by Crippen LogP contribution is 2.17. The fourth-order valence-electron chi connectivity index (χ4n) is 1.56. The van der Waals surface area contributed by atoms with Crippen LogP contribution in [0.1, 0.15) is 38.7 Å². The molecule has 0 amide bonds. The molecule has 2 heteroatoms. The summed E-state index contributed by atoms with van der Waals surface area (Å²) in [5, 5.41) is 4.34. The third-order valence-electron chi connectivity index (χ3n) is 2.39. The van der Waals surface area contributed by atoms with Crippen LogP contribution in [0.2, 0.25) is 0 Å². The van der Waals surface area contributed by atoms with E-state index >= 15 is 0 Å². The number of nitrogens with two attached hydrogens (primary N) is 1. The van der Waals surface area contributed by atoms with E-state index in [4.69, 9.17) is 5.73 Å². The first-order valence-corrected chi connectivity index (χ1v) is 5.88. The lowest BCUT2D eigenvalue weighted by Gasteiger charge is -2.23. The van der Waals surface area contributed by atoms with Gasteiger partial charge in [0.15, 0.2) is 0 Å². The fourth-order valence-corrected chi connectivity index (χ4v) is 2.26. The van der Waals surface area contributed by atoms with Crippen LogP contribution in [0.4, 0.5) is 0 Å². The van der Waals surface area contributed by atoms with Gasteiger partial charge in [0.25, 0.3) is 0 Å². The molecule has 0 saturated heterocycles. The van der Waals surface area contributed by atoms with Crippen LogP contribution in [0.3, 0.4) is 0 Å². The quantitative estimate of drug-likeness (QED) is 0.770. The van der Waals surface area contributed by atoms with E-state index in [1.165, 1.54) is 12.0 Å². The summed E-state index contributed by atoms with van der Waals surface area (Å²) in [6, 6.07) is 2.19. The Labute approximate surface area is 85.0 Å². The summed E-state index contributed by atoms with van der Waals surface area (Å²) in [4.78, 5) is 0. The van der Waals surface area contributed by atoms with Crippen molar-refractivity contribution in [3.05, 3.63) is 22.4 Å². The zero-order chi connectivity index (χ0) is 9.73. The number of hydrogen-bond donors (Lipinski definition) is 1. The highest BCUT2D eigenvalue weighted by atomic mass is 32.1. The second kappa shape index (κ2) is 4.77. The van der Waals surface area contributed by atoms with Gasteiger partial charge >= 0.3 is 0 Å². The minimum Gasteiger partial charge on any atom is -0.325 e. The standard InChI is InChI=1S/C11H19NS/c1-3-6-11(2,12)7-4-10-5-8-13-9-10/h5,8-9H,3-4,6-7,12H2,1-2H3. The molecule has 0 radical (unpaired) electrons. The number of thiophene rings is 1. The Morgan fingerprint density at radius 1 is 1.46 bits per heavy atom. The molecular formula is C11H19NS. The van der Waals surface area contributed by atoms with E-state index in [0.29, 0.717) is 0 Å². The van der Waals surface area contributed by atoms with E-state index in [1.54, 1.807) is 11.3 Å². The molecule has 0 spiro atoms. The molecule has 0 aliphatic rings. The molecule has 1 unspecified atom stereocenters. The maximum absolute atomic E-state index is 6.15. The van der Waals surface area contributed by atoms with Gasteiger partial charge in [-0.25, -0.2) is 0 Å². The van der Waals surface area contributed by atoms with Gasteiger partial charge in [-0.15, -0.1) is 0 Å². The average Bonchev–Trinajstić information content (AvgIpc) is 2.52. The van der Waals surface area contributed by atoms with Gasteiger partial charge in [0.05, 0.1) is 0 Å². The largest absolute Gasteiger partial charge is 0.325 e. The van der Waals surface area contributed by atoms with Crippen LogP contribution in [0.25, 0.3) is 0 Å². The summed E-state index contributed by atoms with van der Waals surface area (Å²) in [6.07, 6.45) is 4.52. The molecule has 0 aromatic carbocycles. The van der Waals surface area contributed by atoms with Gasteiger partial charge in [-0.05, 0) is 48.6 Å². The summed E-state index contributed by atoms with van der Waals surface area (Å²) >= 11 is 1.76. The molecule has 1 rings (SSSR count). The lowest BCUT2D eigenvalue weighted by Crippen LogP contribution is -2.36. The van der Waals surface area contributed by atoms with E-state index in [-0.39, 0.29) is 5.54 Å². The Balaban J connectivity index is 2.33. The molecule has 0 fully saturated rings. The number of hydrogen-bond acceptors (Lipinski definition) is 2. The third kappa shape index (κ3) is 3.92. The minimum atomic E-state index is 0.0245. The van der Waals surface area contributed by atoms with Crippen molar-refractivity contribution in [3.63, 3.8) is 0 Å². The predicted molar refractivity (Wildman–Crippen MR) is 60.1 cm³/mol. The number of rotatable bonds is 5. The van der Waals surface area contributed by atoms with Crippen LogP contribution in [0.15, 0.2) is 16.8 Å². The number of aryl methyl sites for hydroxylation is 1. The van der Waals surface area contributed by atoms with Crippen molar-refractivity contribution in [3.8, 4) is 0 Å². The van der Waals surface area contributed by atoms with Gasteiger partial charge in [0, 0.05) is 5.54 Å². The maximum Gasteiger partial charge on any atom is 0.0129 e. The van der Waals surface area contributed by atoms with Crippen LogP contribution < -0.4 is 5.73 Å². The SMILES string of the molecule is CCCC(C)(N)CCc1ccsc1. The lowest BCUT2D eigenvalue weighted by atomic mass is 9.91. The highest BCUT2D eigenvalue weighted by Gasteiger charge is 2.16. The van der Waals surface area contributed by atoms with Crippen LogP contribution >= 0.6 is 11.3 Å². The van der Waals surface area contributed by atoms with Crippen molar-refractivity contribution in [2.75, 3.05) is 0 Å². The summed E-state index contributed by atoms with van der Waals surface area (Å²) < 4.78 is 0. The van der Waals surface area contributed by atoms with E-state index in [9.17, 15) is 0 Å².